The Labute approximate surface area is 551 Å². The van der Waals surface area contributed by atoms with Gasteiger partial charge in [-0.15, -0.1) is 0 Å². The molecule has 1 unspecified atom stereocenters. The predicted octanol–water partition coefficient (Wildman–Crippen LogP) is 13.4. The molecule has 1 aliphatic carbocycles. The van der Waals surface area contributed by atoms with Crippen molar-refractivity contribution in [1.29, 1.82) is 0 Å². The van der Waals surface area contributed by atoms with Crippen molar-refractivity contribution in [2.24, 2.45) is 0 Å². The minimum Gasteiger partial charge on any atom is -0.465 e. The molecular formula is C69H131N2O19P. The van der Waals surface area contributed by atoms with Crippen LogP contribution in [-0.2, 0) is 89.4 Å². The summed E-state index contributed by atoms with van der Waals surface area (Å²) in [6.07, 6.45) is 30.5. The molecule has 2 amide bonds. The molecule has 1 aliphatic heterocycles. The topological polar surface area (TPSA) is 222 Å². The summed E-state index contributed by atoms with van der Waals surface area (Å²) in [6, 6.07) is -1.69. The number of carbonyl (C=O) groups is 3. The summed E-state index contributed by atoms with van der Waals surface area (Å²) in [7, 11) is 12.3. The molecule has 0 aromatic heterocycles. The summed E-state index contributed by atoms with van der Waals surface area (Å²) in [5.41, 5.74) is 0. The first-order valence-corrected chi connectivity index (χ1v) is 36.4. The number of hydrogen-bond acceptors (Lipinski definition) is 19. The molecule has 1 saturated carbocycles. The van der Waals surface area contributed by atoms with Crippen molar-refractivity contribution in [3.8, 4) is 0 Å². The fraction of sp³-hybridized carbons (Fsp3) is 0.928. The maximum Gasteiger partial charge on any atom is 0.475 e. The number of methoxy groups -OCH3 is 10. The third-order valence-corrected chi connectivity index (χ3v) is 19.8. The molecular weight excluding hydrogens is 1190 g/mol. The fourth-order valence-electron chi connectivity index (χ4n) is 13.0. The molecule has 1 N–H and O–H groups in total. The van der Waals surface area contributed by atoms with E-state index in [1.54, 1.807) is 14.2 Å². The Morgan fingerprint density at radius 2 is 1.02 bits per heavy atom. The molecule has 0 aromatic carbocycles. The number of hydrogen-bond donors (Lipinski definition) is 1. The van der Waals surface area contributed by atoms with Gasteiger partial charge in [0.15, 0.2) is 0 Å². The van der Waals surface area contributed by atoms with Crippen LogP contribution in [0, 0.1) is 0 Å². The van der Waals surface area contributed by atoms with Crippen molar-refractivity contribution in [3.05, 3.63) is 12.2 Å². The fourth-order valence-corrected chi connectivity index (χ4v) is 14.1. The second kappa shape index (κ2) is 51.1. The van der Waals surface area contributed by atoms with Crippen LogP contribution >= 0.6 is 7.82 Å². The number of esters is 1. The number of likely N-dealkylation sites (N-methyl/N-ethyl adjacent to an activating group) is 1. The lowest BCUT2D eigenvalue weighted by Crippen LogP contribution is -2.72. The van der Waals surface area contributed by atoms with Gasteiger partial charge < -0.3 is 67.1 Å². The summed E-state index contributed by atoms with van der Waals surface area (Å²) in [5.74, 6) is -3.83. The minimum absolute atomic E-state index is 0.0405. The number of phosphoric ester groups is 1. The second-order valence-corrected chi connectivity index (χ2v) is 26.7. The highest BCUT2D eigenvalue weighted by Gasteiger charge is 2.63. The van der Waals surface area contributed by atoms with Gasteiger partial charge in [0, 0.05) is 97.9 Å². The first kappa shape index (κ1) is 84.9. The Bertz CT molecular complexity index is 1930. The zero-order valence-electron chi connectivity index (χ0n) is 59.6. The third-order valence-electron chi connectivity index (χ3n) is 18.4. The molecule has 1 heterocycles. The molecule has 15 atom stereocenters. The molecule has 2 rings (SSSR count). The van der Waals surface area contributed by atoms with Crippen LogP contribution in [-0.4, -0.2) is 206 Å². The van der Waals surface area contributed by atoms with Crippen LogP contribution in [0.25, 0.3) is 0 Å². The molecule has 1 saturated heterocycles. The number of nitrogens with zero attached hydrogens (tertiary/aromatic N) is 1. The van der Waals surface area contributed by atoms with Crippen molar-refractivity contribution in [3.63, 3.8) is 0 Å². The molecule has 536 valence electrons. The highest BCUT2D eigenvalue weighted by Crippen LogP contribution is 2.53. The molecule has 0 bridgehead atoms. The molecule has 2 fully saturated rings. The Morgan fingerprint density at radius 3 is 1.43 bits per heavy atom. The average Bonchev–Trinajstić information content (AvgIpc) is 0.793. The third kappa shape index (κ3) is 30.4. The van der Waals surface area contributed by atoms with Gasteiger partial charge in [-0.1, -0.05) is 206 Å². The Morgan fingerprint density at radius 1 is 0.571 bits per heavy atom. The number of nitrogens with one attached hydrogen (secondary N) is 1. The Hall–Kier alpha value is -2.18. The number of unbranched alkanes of at least 4 members (excludes halogenated alkanes) is 29. The standard InChI is InChI=1S/C69H131N2O19P/c1-16-18-20-22-24-26-28-29-30-31-32-33-34-35-36-37-39-41-43-45-47-49-58(73)70-54(55(77-6)48-46-44-42-40-38-27-25-23-21-19-17-2)51-87-91(75,86-15)90-67-64(83-12)62(81-10)63(82-11)66(65(67)84-13)89-69(68(74)85-14)50-56(78-7)59(71(4)53(3)72)61(88-69)60(80-9)57(79-8)52-76-5/h46,48,54-57,59-67H,16-45,47,49-52H2,1-15H3,(H,70,73)/b48-46+/t54-,55+,56-,57+,59+,60+,61+,62-,63-,64+,65+,66+,67-,69-,91?/m0/s1. The number of amides is 2. The molecule has 2 aliphatic rings. The van der Waals surface area contributed by atoms with Gasteiger partial charge in [0.25, 0.3) is 5.79 Å². The Kier molecular flexibility index (Phi) is 47.7. The van der Waals surface area contributed by atoms with E-state index >= 15 is 4.57 Å². The second-order valence-electron chi connectivity index (χ2n) is 25.0. The Balaban J connectivity index is 2.34. The normalized spacial score (nSPS) is 24.8. The molecule has 91 heavy (non-hydrogen) atoms. The summed E-state index contributed by atoms with van der Waals surface area (Å²) >= 11 is 0. The number of carbonyl (C=O) groups excluding carboxylic acids is 3. The lowest BCUT2D eigenvalue weighted by molar-refractivity contribution is -0.360. The molecule has 22 heteroatoms. The molecule has 0 aromatic rings. The number of phosphoric acid groups is 1. The van der Waals surface area contributed by atoms with Crippen LogP contribution in [0.4, 0.5) is 0 Å². The quantitative estimate of drug-likeness (QED) is 0.0259. The van der Waals surface area contributed by atoms with Crippen LogP contribution in [0.3, 0.4) is 0 Å². The van der Waals surface area contributed by atoms with E-state index in [0.29, 0.717) is 12.8 Å². The lowest BCUT2D eigenvalue weighted by atomic mass is 9.83. The van der Waals surface area contributed by atoms with E-state index in [4.69, 9.17) is 70.4 Å². The van der Waals surface area contributed by atoms with Crippen molar-refractivity contribution in [2.45, 2.75) is 318 Å². The van der Waals surface area contributed by atoms with Crippen molar-refractivity contribution in [1.82, 2.24) is 10.2 Å². The van der Waals surface area contributed by atoms with Crippen molar-refractivity contribution in [2.75, 3.05) is 98.5 Å². The SMILES string of the molecule is CCCCCCCCCCC/C=C/[C@@H](OC)[C@H](COP(=O)(OC)O[C@H]1[C@H](OC)[C@@H](OC)[C@H](OC)[C@@H](O[C@]2(C(=O)OC)C[C@H](OC)[C@@H](N(C)C(C)=O)[C@H]([C@H](OC)[C@@H](COC)OC)O2)[C@H]1OC)NC(=O)CCCCCCCCCCCCCCCCCCCCCCC. The van der Waals surface area contributed by atoms with Crippen LogP contribution in [0.5, 0.6) is 0 Å². The van der Waals surface area contributed by atoms with Crippen molar-refractivity contribution < 1.29 is 89.4 Å². The van der Waals surface area contributed by atoms with Gasteiger partial charge in [-0.05, 0) is 19.3 Å². The first-order valence-electron chi connectivity index (χ1n) is 34.9. The van der Waals surface area contributed by atoms with E-state index in [-0.39, 0.29) is 31.4 Å². The highest BCUT2D eigenvalue weighted by atomic mass is 31.2. The van der Waals surface area contributed by atoms with E-state index in [9.17, 15) is 14.4 Å². The van der Waals surface area contributed by atoms with Gasteiger partial charge in [-0.3, -0.25) is 23.2 Å². The maximum atomic E-state index is 15.2. The molecule has 0 radical (unpaired) electrons. The lowest BCUT2D eigenvalue weighted by Gasteiger charge is -2.54. The van der Waals surface area contributed by atoms with Crippen molar-refractivity contribution >= 4 is 25.6 Å². The van der Waals surface area contributed by atoms with Gasteiger partial charge in [0.05, 0.1) is 44.6 Å². The largest absolute Gasteiger partial charge is 0.475 e. The minimum atomic E-state index is -4.67. The van der Waals surface area contributed by atoms with E-state index in [0.717, 1.165) is 38.5 Å². The highest BCUT2D eigenvalue weighted by molar-refractivity contribution is 7.48. The smallest absolute Gasteiger partial charge is 0.465 e. The number of allylic oxidation sites excluding steroid dienone is 1. The average molecular weight is 1320 g/mol. The summed E-state index contributed by atoms with van der Waals surface area (Å²) < 4.78 is 107. The number of rotatable bonds is 57. The van der Waals surface area contributed by atoms with E-state index in [1.807, 2.05) is 6.08 Å². The van der Waals surface area contributed by atoms with Crippen LogP contribution < -0.4 is 5.32 Å². The van der Waals surface area contributed by atoms with E-state index < -0.39 is 98.8 Å². The zero-order chi connectivity index (χ0) is 67.3. The van der Waals surface area contributed by atoms with Gasteiger partial charge in [0.1, 0.15) is 54.9 Å². The molecule has 0 spiro atoms. The summed E-state index contributed by atoms with van der Waals surface area (Å²) in [6.45, 7) is 5.60. The van der Waals surface area contributed by atoms with Crippen LogP contribution in [0.15, 0.2) is 12.2 Å². The molecule has 21 nitrogen and oxygen atoms in total. The van der Waals surface area contributed by atoms with Gasteiger partial charge >= 0.3 is 13.8 Å². The van der Waals surface area contributed by atoms with E-state index in [1.165, 1.54) is 237 Å². The van der Waals surface area contributed by atoms with E-state index in [2.05, 4.69) is 25.2 Å². The number of ether oxygens (including phenoxy) is 12. The van der Waals surface area contributed by atoms with Gasteiger partial charge in [-0.2, -0.15) is 0 Å². The zero-order valence-corrected chi connectivity index (χ0v) is 60.5. The van der Waals surface area contributed by atoms with Gasteiger partial charge in [0.2, 0.25) is 11.8 Å². The first-order chi connectivity index (χ1) is 44.1. The summed E-state index contributed by atoms with van der Waals surface area (Å²) in [4.78, 5) is 43.0. The van der Waals surface area contributed by atoms with Gasteiger partial charge in [-0.25, -0.2) is 9.36 Å². The maximum absolute atomic E-state index is 15.2. The summed E-state index contributed by atoms with van der Waals surface area (Å²) in [5, 5.41) is 3.13. The monoisotopic (exact) mass is 1320 g/mol. The predicted molar refractivity (Wildman–Crippen MR) is 355 cm³/mol. The van der Waals surface area contributed by atoms with Crippen LogP contribution in [0.2, 0.25) is 0 Å². The van der Waals surface area contributed by atoms with Crippen LogP contribution in [0.1, 0.15) is 233 Å².